The first-order chi connectivity index (χ1) is 14.8. The van der Waals surface area contributed by atoms with Crippen molar-refractivity contribution in [3.8, 4) is 0 Å². The highest BCUT2D eigenvalue weighted by Crippen LogP contribution is 2.35. The van der Waals surface area contributed by atoms with E-state index >= 15 is 0 Å². The van der Waals surface area contributed by atoms with Crippen LogP contribution in [-0.2, 0) is 6.42 Å². The van der Waals surface area contributed by atoms with E-state index in [1.807, 2.05) is 18.2 Å². The van der Waals surface area contributed by atoms with Crippen molar-refractivity contribution >= 4 is 22.9 Å². The summed E-state index contributed by atoms with van der Waals surface area (Å²) in [4.78, 5) is 2.35. The lowest BCUT2D eigenvalue weighted by Crippen LogP contribution is -2.33. The number of hydrogen-bond donors (Lipinski definition) is 0. The summed E-state index contributed by atoms with van der Waals surface area (Å²) in [5.74, 6) is 0.439. The van der Waals surface area contributed by atoms with E-state index in [-0.39, 0.29) is 5.82 Å². The third-order valence-corrected chi connectivity index (χ3v) is 6.76. The Bertz CT molecular complexity index is 979. The predicted molar refractivity (Wildman–Crippen MR) is 133 cm³/mol. The number of rotatable bonds is 7. The smallest absolute Gasteiger partial charge is 0.123 e. The highest BCUT2D eigenvalue weighted by atomic mass is 35.5. The molecule has 164 valence electrons. The quantitative estimate of drug-likeness (QED) is 0.395. The van der Waals surface area contributed by atoms with Crippen molar-refractivity contribution in [2.24, 2.45) is 5.92 Å². The number of hydrogen-bond acceptors (Lipinski definition) is 1. The molecule has 0 amide bonds. The predicted octanol–water partition coefficient (Wildman–Crippen LogP) is 8.08. The number of halogens is 2. The molecule has 3 rings (SSSR count). The fraction of sp³-hybridized carbons (Fsp3) is 0.357. The van der Waals surface area contributed by atoms with Gasteiger partial charge in [0.1, 0.15) is 5.82 Å². The molecule has 0 N–H and O–H groups in total. The maximum atomic E-state index is 13.2. The average molecular weight is 438 g/mol. The fourth-order valence-corrected chi connectivity index (χ4v) is 4.78. The second kappa shape index (κ2) is 10.3. The van der Waals surface area contributed by atoms with Crippen molar-refractivity contribution < 1.29 is 4.39 Å². The third kappa shape index (κ3) is 5.49. The molecule has 0 atom stereocenters. The molecule has 31 heavy (non-hydrogen) atoms. The molecule has 0 bridgehead atoms. The number of piperidine rings is 1. The van der Waals surface area contributed by atoms with Gasteiger partial charge in [-0.25, -0.2) is 4.39 Å². The summed E-state index contributed by atoms with van der Waals surface area (Å²) >= 11 is 6.67. The maximum Gasteiger partial charge on any atom is 0.123 e. The summed E-state index contributed by atoms with van der Waals surface area (Å²) in [5.41, 5.74) is 7.85. The van der Waals surface area contributed by atoms with Crippen LogP contribution in [0.15, 0.2) is 61.2 Å². The van der Waals surface area contributed by atoms with Crippen LogP contribution in [0.1, 0.15) is 55.4 Å². The van der Waals surface area contributed by atoms with Crippen LogP contribution in [-0.4, -0.2) is 18.0 Å². The minimum Gasteiger partial charge on any atom is -0.371 e. The zero-order chi connectivity index (χ0) is 22.5. The first-order valence-corrected chi connectivity index (χ1v) is 11.6. The summed E-state index contributed by atoms with van der Waals surface area (Å²) in [6.45, 7) is 16.9. The Labute approximate surface area is 191 Å². The average Bonchev–Trinajstić information content (AvgIpc) is 2.77. The Hall–Kier alpha value is -2.32. The van der Waals surface area contributed by atoms with Crippen molar-refractivity contribution in [3.63, 3.8) is 0 Å². The lowest BCUT2D eigenvalue weighted by molar-refractivity contribution is 0.254. The molecule has 1 aliphatic rings. The number of allylic oxidation sites excluding steroid dienone is 3. The molecule has 0 unspecified atom stereocenters. The molecule has 0 spiro atoms. The van der Waals surface area contributed by atoms with Crippen LogP contribution in [0, 0.1) is 18.7 Å². The van der Waals surface area contributed by atoms with Crippen LogP contribution in [0.25, 0.3) is 11.3 Å². The van der Waals surface area contributed by atoms with Crippen LogP contribution in [0.4, 0.5) is 4.39 Å². The molecule has 1 fully saturated rings. The van der Waals surface area contributed by atoms with E-state index < -0.39 is 0 Å². The third-order valence-electron chi connectivity index (χ3n) is 6.45. The first-order valence-electron chi connectivity index (χ1n) is 11.2. The maximum absolute atomic E-state index is 13.2. The van der Waals surface area contributed by atoms with Gasteiger partial charge in [-0.15, -0.1) is 0 Å². The van der Waals surface area contributed by atoms with E-state index in [1.54, 1.807) is 12.1 Å². The van der Waals surface area contributed by atoms with Crippen molar-refractivity contribution in [2.75, 3.05) is 13.1 Å². The Kier molecular flexibility index (Phi) is 7.78. The van der Waals surface area contributed by atoms with Crippen LogP contribution in [0.2, 0.25) is 5.02 Å². The molecular formula is C28H33ClFN. The Balaban J connectivity index is 1.72. The van der Waals surface area contributed by atoms with Crippen LogP contribution >= 0.6 is 11.6 Å². The second-order valence-corrected chi connectivity index (χ2v) is 8.92. The van der Waals surface area contributed by atoms with Gasteiger partial charge in [-0.2, -0.15) is 0 Å². The standard InChI is InChI=1S/C28H33ClFN/c1-6-19(3)25(7-2)26-18-27(28(29)16-20(26)4)21(5)31-14-12-23(13-15-31)17-22-8-10-24(30)11-9-22/h7-11,16,18,23H,3,5-6,12-15,17H2,1-2,4H3/b25-7-. The van der Waals surface area contributed by atoms with Gasteiger partial charge in [-0.05, 0) is 97.6 Å². The van der Waals surface area contributed by atoms with Crippen molar-refractivity contribution in [3.05, 3.63) is 94.3 Å². The normalized spacial score (nSPS) is 15.3. The number of likely N-dealkylation sites (tertiary alicyclic amines) is 1. The fourth-order valence-electron chi connectivity index (χ4n) is 4.46. The summed E-state index contributed by atoms with van der Waals surface area (Å²) < 4.78 is 13.2. The lowest BCUT2D eigenvalue weighted by atomic mass is 9.89. The van der Waals surface area contributed by atoms with Gasteiger partial charge in [0.25, 0.3) is 0 Å². The van der Waals surface area contributed by atoms with E-state index in [0.717, 1.165) is 66.2 Å². The molecule has 0 aliphatic carbocycles. The first kappa shape index (κ1) is 23.3. The van der Waals surface area contributed by atoms with Crippen LogP contribution < -0.4 is 0 Å². The van der Waals surface area contributed by atoms with Gasteiger partial charge in [-0.3, -0.25) is 0 Å². The molecule has 2 aromatic carbocycles. The summed E-state index contributed by atoms with van der Waals surface area (Å²) in [7, 11) is 0. The van der Waals surface area contributed by atoms with Crippen molar-refractivity contribution in [2.45, 2.75) is 46.5 Å². The molecule has 1 saturated heterocycles. The highest BCUT2D eigenvalue weighted by molar-refractivity contribution is 6.32. The molecule has 2 aromatic rings. The highest BCUT2D eigenvalue weighted by Gasteiger charge is 2.23. The largest absolute Gasteiger partial charge is 0.371 e. The second-order valence-electron chi connectivity index (χ2n) is 8.51. The van der Waals surface area contributed by atoms with Gasteiger partial charge in [0.15, 0.2) is 0 Å². The van der Waals surface area contributed by atoms with Crippen molar-refractivity contribution in [1.82, 2.24) is 4.90 Å². The molecule has 1 nitrogen and oxygen atoms in total. The number of benzene rings is 2. The summed E-state index contributed by atoms with van der Waals surface area (Å²) in [5, 5.41) is 0.747. The SMILES string of the molecule is C=C(CC)/C(=C/C)c1cc(C(=C)N2CCC(Cc3ccc(F)cc3)CC2)c(Cl)cc1C. The summed E-state index contributed by atoms with van der Waals surface area (Å²) in [6.07, 6.45) is 6.24. The monoisotopic (exact) mass is 437 g/mol. The topological polar surface area (TPSA) is 3.24 Å². The Morgan fingerprint density at radius 3 is 2.35 bits per heavy atom. The van der Waals surface area contributed by atoms with Gasteiger partial charge in [0.2, 0.25) is 0 Å². The van der Waals surface area contributed by atoms with Gasteiger partial charge in [0, 0.05) is 24.4 Å². The van der Waals surface area contributed by atoms with Gasteiger partial charge >= 0.3 is 0 Å². The molecule has 3 heteroatoms. The number of nitrogens with zero attached hydrogens (tertiary/aromatic N) is 1. The molecule has 1 heterocycles. The minimum absolute atomic E-state index is 0.173. The van der Waals surface area contributed by atoms with E-state index in [2.05, 4.69) is 51.0 Å². The summed E-state index contributed by atoms with van der Waals surface area (Å²) in [6, 6.07) is 11.1. The van der Waals surface area contributed by atoms with E-state index in [0.29, 0.717) is 5.92 Å². The molecule has 0 radical (unpaired) electrons. The van der Waals surface area contributed by atoms with Gasteiger partial charge in [-0.1, -0.05) is 49.9 Å². The Morgan fingerprint density at radius 2 is 1.77 bits per heavy atom. The van der Waals surface area contributed by atoms with E-state index in [4.69, 9.17) is 11.6 Å². The number of aryl methyl sites for hydroxylation is 1. The molecule has 0 saturated carbocycles. The Morgan fingerprint density at radius 1 is 1.13 bits per heavy atom. The van der Waals surface area contributed by atoms with E-state index in [1.165, 1.54) is 16.7 Å². The van der Waals surface area contributed by atoms with Crippen LogP contribution in [0.5, 0.6) is 0 Å². The zero-order valence-electron chi connectivity index (χ0n) is 19.0. The molecule has 0 aromatic heterocycles. The van der Waals surface area contributed by atoms with Crippen molar-refractivity contribution in [1.29, 1.82) is 0 Å². The molecule has 1 aliphatic heterocycles. The molecular weight excluding hydrogens is 405 g/mol. The van der Waals surface area contributed by atoms with E-state index in [9.17, 15) is 4.39 Å². The lowest BCUT2D eigenvalue weighted by Gasteiger charge is -2.35. The van der Waals surface area contributed by atoms with Crippen LogP contribution in [0.3, 0.4) is 0 Å². The zero-order valence-corrected chi connectivity index (χ0v) is 19.7. The van der Waals surface area contributed by atoms with Gasteiger partial charge in [0.05, 0.1) is 5.02 Å². The van der Waals surface area contributed by atoms with Gasteiger partial charge < -0.3 is 4.90 Å². The minimum atomic E-state index is -0.173.